The van der Waals surface area contributed by atoms with Crippen LogP contribution in [-0.2, 0) is 20.9 Å². The van der Waals surface area contributed by atoms with Gasteiger partial charge >= 0.3 is 12.2 Å². The van der Waals surface area contributed by atoms with E-state index in [1.54, 1.807) is 28.4 Å². The minimum absolute atomic E-state index is 0.179. The van der Waals surface area contributed by atoms with Crippen LogP contribution in [0.1, 0.15) is 60.2 Å². The van der Waals surface area contributed by atoms with Gasteiger partial charge in [0.1, 0.15) is 36.0 Å². The zero-order valence-electron chi connectivity index (χ0n) is 30.7. The number of hydrogen-bond donors (Lipinski definition) is 3. The third-order valence-corrected chi connectivity index (χ3v) is 10.2. The van der Waals surface area contributed by atoms with Crippen molar-refractivity contribution in [3.05, 3.63) is 138 Å². The number of H-pyrrole nitrogens is 2. The predicted molar refractivity (Wildman–Crippen MR) is 205 cm³/mol. The lowest BCUT2D eigenvalue weighted by Crippen LogP contribution is -2.42. The highest BCUT2D eigenvalue weighted by Crippen LogP contribution is 2.37. The molecule has 6 aromatic rings. The van der Waals surface area contributed by atoms with Crippen LogP contribution in [0.5, 0.6) is 0 Å². The predicted octanol–water partition coefficient (Wildman–Crippen LogP) is 7.52. The Labute approximate surface area is 322 Å². The molecule has 2 saturated heterocycles. The minimum atomic E-state index is -0.892. The number of oxazole rings is 1. The van der Waals surface area contributed by atoms with Crippen LogP contribution in [0.15, 0.2) is 120 Å². The molecule has 2 aliphatic rings. The quantitative estimate of drug-likeness (QED) is 0.120. The van der Waals surface area contributed by atoms with Gasteiger partial charge in [0, 0.05) is 18.7 Å². The maximum atomic E-state index is 13.9. The van der Waals surface area contributed by atoms with Gasteiger partial charge in [-0.05, 0) is 41.5 Å². The van der Waals surface area contributed by atoms with E-state index < -0.39 is 24.3 Å². The van der Waals surface area contributed by atoms with E-state index >= 15 is 0 Å². The zero-order valence-corrected chi connectivity index (χ0v) is 30.7. The smallest absolute Gasteiger partial charge is 0.410 e. The molecular formula is C42H40N8O6. The Hall–Kier alpha value is -6.96. The van der Waals surface area contributed by atoms with Crippen LogP contribution >= 0.6 is 0 Å². The van der Waals surface area contributed by atoms with Gasteiger partial charge in [-0.1, -0.05) is 91.5 Å². The Bertz CT molecular complexity index is 2330. The number of carbonyl (C=O) groups is 3. The first kappa shape index (κ1) is 36.0. The van der Waals surface area contributed by atoms with Gasteiger partial charge in [0.05, 0.1) is 37.4 Å². The first-order valence-corrected chi connectivity index (χ1v) is 18.4. The van der Waals surface area contributed by atoms with Gasteiger partial charge in [0.25, 0.3) is 5.91 Å². The van der Waals surface area contributed by atoms with Crippen molar-refractivity contribution in [2.45, 2.75) is 44.0 Å². The van der Waals surface area contributed by atoms with Crippen LogP contribution in [0.2, 0.25) is 0 Å². The number of aromatic amines is 2. The second-order valence-corrected chi connectivity index (χ2v) is 13.7. The molecule has 0 unspecified atom stereocenters. The van der Waals surface area contributed by atoms with E-state index in [4.69, 9.17) is 13.9 Å². The maximum absolute atomic E-state index is 13.9. The van der Waals surface area contributed by atoms with Gasteiger partial charge in [-0.25, -0.2) is 24.5 Å². The molecule has 0 saturated carbocycles. The first-order chi connectivity index (χ1) is 27.4. The van der Waals surface area contributed by atoms with Gasteiger partial charge < -0.3 is 34.1 Å². The molecule has 3 aromatic heterocycles. The number of likely N-dealkylation sites (tertiary alicyclic amines) is 2. The number of methoxy groups -OCH3 is 1. The molecule has 0 aliphatic carbocycles. The summed E-state index contributed by atoms with van der Waals surface area (Å²) in [6.45, 7) is 5.39. The number of aromatic nitrogens is 5. The van der Waals surface area contributed by atoms with Crippen molar-refractivity contribution in [1.82, 2.24) is 40.0 Å². The largest absolute Gasteiger partial charge is 0.453 e. The molecule has 0 bridgehead atoms. The molecule has 14 nitrogen and oxygen atoms in total. The Morgan fingerprint density at radius 2 is 1.55 bits per heavy atom. The number of carbonyl (C=O) groups excluding carboxylic acids is 3. The van der Waals surface area contributed by atoms with E-state index in [0.29, 0.717) is 54.1 Å². The SMILES string of the molecule is C=C1CCN(C(=O)OCc2ccccc2)[C@@H]1c1ncc(-c2ncc(-c3ccc(-c4cnc([C@@H]5CCCN5C(=O)[C@H](NC(=O)OC)c5ccccc5)[nH]4)cc3)o2)[nH]1. The van der Waals surface area contributed by atoms with E-state index in [-0.39, 0.29) is 18.6 Å². The number of hydrogen-bond acceptors (Lipinski definition) is 9. The summed E-state index contributed by atoms with van der Waals surface area (Å²) in [5, 5.41) is 2.70. The average Bonchev–Trinajstić information content (AvgIpc) is 4.09. The van der Waals surface area contributed by atoms with Gasteiger partial charge in [-0.2, -0.15) is 0 Å². The molecule has 0 radical (unpaired) electrons. The summed E-state index contributed by atoms with van der Waals surface area (Å²) in [6.07, 6.45) is 6.13. The van der Waals surface area contributed by atoms with Crippen molar-refractivity contribution in [3.8, 4) is 34.2 Å². The summed E-state index contributed by atoms with van der Waals surface area (Å²) in [5.74, 6) is 1.93. The van der Waals surface area contributed by atoms with Crippen LogP contribution in [0.4, 0.5) is 9.59 Å². The summed E-state index contributed by atoms with van der Waals surface area (Å²) in [5.41, 5.74) is 5.53. The Morgan fingerprint density at radius 1 is 0.857 bits per heavy atom. The van der Waals surface area contributed by atoms with E-state index in [1.807, 2.05) is 84.9 Å². The van der Waals surface area contributed by atoms with Gasteiger partial charge in [-0.3, -0.25) is 9.69 Å². The van der Waals surface area contributed by atoms with Crippen LogP contribution in [0, 0.1) is 0 Å². The molecule has 0 spiro atoms. The Kier molecular flexibility index (Phi) is 10.2. The number of benzene rings is 3. The highest BCUT2D eigenvalue weighted by molar-refractivity contribution is 5.87. The molecule has 3 aromatic carbocycles. The lowest BCUT2D eigenvalue weighted by Gasteiger charge is -2.28. The van der Waals surface area contributed by atoms with E-state index in [1.165, 1.54) is 7.11 Å². The third-order valence-electron chi connectivity index (χ3n) is 10.2. The number of imidazole rings is 2. The standard InChI is InChI=1S/C42H40N8O6/c1-26-19-21-50(42(53)55-25-27-10-5-3-6-11-27)36(26)38-44-23-32(47-38)39-45-24-34(56-39)29-17-15-28(16-18-29)31-22-43-37(46-31)33-14-9-20-49(33)40(51)35(48-41(52)54-2)30-12-7-4-8-13-30/h3-8,10-13,15-18,22-24,33,35-36H,1,9,14,19-21,25H2,2H3,(H,43,46)(H,44,47)(H,48,52)/t33-,35+,36-/m0/s1. The maximum Gasteiger partial charge on any atom is 0.410 e. The van der Waals surface area contributed by atoms with E-state index in [2.05, 4.69) is 36.8 Å². The Balaban J connectivity index is 0.930. The molecule has 3 atom stereocenters. The van der Waals surface area contributed by atoms with Gasteiger partial charge in [0.2, 0.25) is 5.89 Å². The summed E-state index contributed by atoms with van der Waals surface area (Å²) >= 11 is 0. The lowest BCUT2D eigenvalue weighted by atomic mass is 10.1. The number of nitrogens with one attached hydrogen (secondary N) is 3. The topological polar surface area (TPSA) is 172 Å². The number of ether oxygens (including phenoxy) is 2. The third kappa shape index (κ3) is 7.40. The average molecular weight is 753 g/mol. The molecule has 8 rings (SSSR count). The molecular weight excluding hydrogens is 713 g/mol. The molecule has 5 heterocycles. The van der Waals surface area contributed by atoms with Crippen molar-refractivity contribution >= 4 is 18.1 Å². The van der Waals surface area contributed by atoms with E-state index in [0.717, 1.165) is 40.8 Å². The van der Waals surface area contributed by atoms with Crippen molar-refractivity contribution in [1.29, 1.82) is 0 Å². The fourth-order valence-corrected chi connectivity index (χ4v) is 7.26. The summed E-state index contributed by atoms with van der Waals surface area (Å²) in [7, 11) is 1.27. The van der Waals surface area contributed by atoms with E-state index in [9.17, 15) is 14.4 Å². The molecule has 3 N–H and O–H groups in total. The van der Waals surface area contributed by atoms with Crippen LogP contribution in [-0.4, -0.2) is 73.0 Å². The number of alkyl carbamates (subject to hydrolysis) is 1. The fraction of sp³-hybridized carbons (Fsp3) is 0.238. The molecule has 284 valence electrons. The Morgan fingerprint density at radius 3 is 2.32 bits per heavy atom. The van der Waals surface area contributed by atoms with Gasteiger partial charge in [0.15, 0.2) is 5.76 Å². The number of nitrogens with zero attached hydrogens (tertiary/aromatic N) is 5. The lowest BCUT2D eigenvalue weighted by molar-refractivity contribution is -0.134. The number of amides is 3. The summed E-state index contributed by atoms with van der Waals surface area (Å²) in [4.78, 5) is 63.0. The van der Waals surface area contributed by atoms with Crippen LogP contribution < -0.4 is 5.32 Å². The highest BCUT2D eigenvalue weighted by Gasteiger charge is 2.38. The molecule has 2 aliphatic heterocycles. The fourth-order valence-electron chi connectivity index (χ4n) is 7.26. The van der Waals surface area contributed by atoms with Crippen molar-refractivity contribution < 1.29 is 28.3 Å². The second kappa shape index (κ2) is 15.8. The molecule has 2 fully saturated rings. The van der Waals surface area contributed by atoms with Crippen molar-refractivity contribution in [2.75, 3.05) is 20.2 Å². The van der Waals surface area contributed by atoms with Gasteiger partial charge in [-0.15, -0.1) is 0 Å². The molecule has 3 amide bonds. The first-order valence-electron chi connectivity index (χ1n) is 18.4. The minimum Gasteiger partial charge on any atom is -0.453 e. The monoisotopic (exact) mass is 752 g/mol. The van der Waals surface area contributed by atoms with Crippen molar-refractivity contribution in [3.63, 3.8) is 0 Å². The molecule has 56 heavy (non-hydrogen) atoms. The zero-order chi connectivity index (χ0) is 38.6. The molecule has 14 heteroatoms. The van der Waals surface area contributed by atoms with Crippen LogP contribution in [0.25, 0.3) is 34.2 Å². The van der Waals surface area contributed by atoms with Crippen LogP contribution in [0.3, 0.4) is 0 Å². The normalized spacial score (nSPS) is 17.2. The summed E-state index contributed by atoms with van der Waals surface area (Å²) < 4.78 is 16.6. The van der Waals surface area contributed by atoms with Crippen molar-refractivity contribution in [2.24, 2.45) is 0 Å². The highest BCUT2D eigenvalue weighted by atomic mass is 16.6. The number of rotatable bonds is 10. The second-order valence-electron chi connectivity index (χ2n) is 13.7. The summed E-state index contributed by atoms with van der Waals surface area (Å²) in [6, 6.07) is 24.9.